The van der Waals surface area contributed by atoms with Gasteiger partial charge in [0.25, 0.3) is 5.91 Å². The number of nitrogens with zero attached hydrogens (tertiary/aromatic N) is 2. The molecule has 1 aromatic carbocycles. The minimum atomic E-state index is -0.291. The summed E-state index contributed by atoms with van der Waals surface area (Å²) >= 11 is 0. The Balaban J connectivity index is 1.99. The van der Waals surface area contributed by atoms with Crippen molar-refractivity contribution >= 4 is 11.9 Å². The maximum atomic E-state index is 13.5. The zero-order chi connectivity index (χ0) is 15.9. The van der Waals surface area contributed by atoms with Gasteiger partial charge in [0.1, 0.15) is 11.5 Å². The molecule has 0 atom stereocenters. The van der Waals surface area contributed by atoms with Gasteiger partial charge < -0.3 is 10.6 Å². The number of carbonyl (C=O) groups is 1. The van der Waals surface area contributed by atoms with E-state index in [9.17, 15) is 9.18 Å². The molecule has 2 aromatic rings. The van der Waals surface area contributed by atoms with Crippen molar-refractivity contribution < 1.29 is 9.18 Å². The number of carbonyl (C=O) groups excluding carboxylic acids is 1. The quantitative estimate of drug-likeness (QED) is 0.861. The molecule has 0 unspecified atom stereocenters. The van der Waals surface area contributed by atoms with Crippen LogP contribution in [0.1, 0.15) is 29.9 Å². The van der Waals surface area contributed by atoms with E-state index in [1.165, 1.54) is 12.3 Å². The van der Waals surface area contributed by atoms with E-state index >= 15 is 0 Å². The largest absolute Gasteiger partial charge is 0.350 e. The van der Waals surface area contributed by atoms with Crippen LogP contribution in [0.2, 0.25) is 0 Å². The Hall–Kier alpha value is -2.50. The van der Waals surface area contributed by atoms with Crippen LogP contribution in [-0.2, 0) is 6.54 Å². The molecule has 0 saturated heterocycles. The lowest BCUT2D eigenvalue weighted by Crippen LogP contribution is -2.28. The zero-order valence-corrected chi connectivity index (χ0v) is 12.6. The summed E-state index contributed by atoms with van der Waals surface area (Å²) in [6.07, 6.45) is 1.50. The second-order valence-corrected chi connectivity index (χ2v) is 5.31. The van der Waals surface area contributed by atoms with Gasteiger partial charge in [-0.15, -0.1) is 0 Å². The molecule has 2 N–H and O–H groups in total. The van der Waals surface area contributed by atoms with Crippen molar-refractivity contribution in [3.8, 4) is 0 Å². The summed E-state index contributed by atoms with van der Waals surface area (Å²) in [5.41, 5.74) is 0.799. The predicted octanol–water partition coefficient (Wildman–Crippen LogP) is 2.61. The number of hydrogen-bond donors (Lipinski definition) is 2. The fourth-order valence-corrected chi connectivity index (χ4v) is 1.77. The molecule has 1 aromatic heterocycles. The summed E-state index contributed by atoms with van der Waals surface area (Å²) in [5.74, 6) is 0.121. The summed E-state index contributed by atoms with van der Waals surface area (Å²) in [7, 11) is 0. The van der Waals surface area contributed by atoms with Gasteiger partial charge in [0, 0.05) is 24.8 Å². The number of anilines is 1. The standard InChI is InChI=1S/C16H19FN4O/c1-11(2)9-19-15(22)14-7-8-18-16(21-14)20-10-12-5-3-4-6-13(12)17/h3-8,11H,9-10H2,1-2H3,(H,19,22)(H,18,20,21). The van der Waals surface area contributed by atoms with Crippen molar-refractivity contribution in [1.82, 2.24) is 15.3 Å². The van der Waals surface area contributed by atoms with Gasteiger partial charge in [-0.2, -0.15) is 0 Å². The molecule has 0 saturated carbocycles. The highest BCUT2D eigenvalue weighted by molar-refractivity contribution is 5.92. The summed E-state index contributed by atoms with van der Waals surface area (Å²) in [5, 5.41) is 5.71. The van der Waals surface area contributed by atoms with Gasteiger partial charge >= 0.3 is 0 Å². The van der Waals surface area contributed by atoms with Crippen LogP contribution in [0.25, 0.3) is 0 Å². The number of halogens is 1. The molecule has 6 heteroatoms. The molecule has 2 rings (SSSR count). The number of benzene rings is 1. The van der Waals surface area contributed by atoms with E-state index in [-0.39, 0.29) is 24.0 Å². The third-order valence-electron chi connectivity index (χ3n) is 2.95. The van der Waals surface area contributed by atoms with Gasteiger partial charge in [-0.25, -0.2) is 14.4 Å². The minimum absolute atomic E-state index is 0.245. The maximum absolute atomic E-state index is 13.5. The smallest absolute Gasteiger partial charge is 0.270 e. The Kier molecular flexibility index (Phi) is 5.41. The van der Waals surface area contributed by atoms with Gasteiger partial charge in [0.05, 0.1) is 0 Å². The van der Waals surface area contributed by atoms with E-state index in [4.69, 9.17) is 0 Å². The van der Waals surface area contributed by atoms with E-state index in [0.29, 0.717) is 24.0 Å². The molecule has 0 aliphatic carbocycles. The first-order valence-electron chi connectivity index (χ1n) is 7.15. The Bertz CT molecular complexity index is 646. The molecule has 0 bridgehead atoms. The third kappa shape index (κ3) is 4.51. The molecule has 116 valence electrons. The van der Waals surface area contributed by atoms with Crippen molar-refractivity contribution in [2.75, 3.05) is 11.9 Å². The van der Waals surface area contributed by atoms with E-state index in [0.717, 1.165) is 0 Å². The van der Waals surface area contributed by atoms with E-state index < -0.39 is 0 Å². The van der Waals surface area contributed by atoms with Gasteiger partial charge in [-0.05, 0) is 18.1 Å². The van der Waals surface area contributed by atoms with Gasteiger partial charge in [-0.3, -0.25) is 4.79 Å². The summed E-state index contributed by atoms with van der Waals surface area (Å²) in [4.78, 5) is 20.1. The molecule has 1 amide bonds. The van der Waals surface area contributed by atoms with Crippen LogP contribution < -0.4 is 10.6 Å². The molecular weight excluding hydrogens is 283 g/mol. The third-order valence-corrected chi connectivity index (χ3v) is 2.95. The van der Waals surface area contributed by atoms with Crippen molar-refractivity contribution in [2.24, 2.45) is 5.92 Å². The topological polar surface area (TPSA) is 66.9 Å². The molecule has 0 spiro atoms. The van der Waals surface area contributed by atoms with Crippen LogP contribution in [0.15, 0.2) is 36.5 Å². The van der Waals surface area contributed by atoms with E-state index in [1.807, 2.05) is 13.8 Å². The normalized spacial score (nSPS) is 10.5. The van der Waals surface area contributed by atoms with E-state index in [2.05, 4.69) is 20.6 Å². The van der Waals surface area contributed by atoms with Crippen LogP contribution in [-0.4, -0.2) is 22.4 Å². The second-order valence-electron chi connectivity index (χ2n) is 5.31. The highest BCUT2D eigenvalue weighted by atomic mass is 19.1. The lowest BCUT2D eigenvalue weighted by Gasteiger charge is -2.09. The average molecular weight is 302 g/mol. The maximum Gasteiger partial charge on any atom is 0.270 e. The number of aromatic nitrogens is 2. The number of amides is 1. The van der Waals surface area contributed by atoms with Gasteiger partial charge in [0.2, 0.25) is 5.95 Å². The van der Waals surface area contributed by atoms with Crippen LogP contribution in [0.4, 0.5) is 10.3 Å². The SMILES string of the molecule is CC(C)CNC(=O)c1ccnc(NCc2ccccc2F)n1. The lowest BCUT2D eigenvalue weighted by atomic mass is 10.2. The van der Waals surface area contributed by atoms with Crippen molar-refractivity contribution in [2.45, 2.75) is 20.4 Å². The van der Waals surface area contributed by atoms with Crippen molar-refractivity contribution in [3.63, 3.8) is 0 Å². The summed E-state index contributed by atoms with van der Waals surface area (Å²) in [6, 6.07) is 8.02. The monoisotopic (exact) mass is 302 g/mol. The van der Waals surface area contributed by atoms with Crippen molar-refractivity contribution in [1.29, 1.82) is 0 Å². The summed E-state index contributed by atoms with van der Waals surface area (Å²) in [6.45, 7) is 4.87. The Morgan fingerprint density at radius 3 is 2.77 bits per heavy atom. The molecule has 22 heavy (non-hydrogen) atoms. The van der Waals surface area contributed by atoms with Crippen LogP contribution in [0.5, 0.6) is 0 Å². The molecule has 5 nitrogen and oxygen atoms in total. The van der Waals surface area contributed by atoms with Crippen LogP contribution >= 0.6 is 0 Å². The first kappa shape index (κ1) is 15.9. The van der Waals surface area contributed by atoms with E-state index in [1.54, 1.807) is 24.3 Å². The predicted molar refractivity (Wildman–Crippen MR) is 82.9 cm³/mol. The van der Waals surface area contributed by atoms with Crippen LogP contribution in [0, 0.1) is 11.7 Å². The Morgan fingerprint density at radius 1 is 1.27 bits per heavy atom. The Morgan fingerprint density at radius 2 is 2.05 bits per heavy atom. The molecular formula is C16H19FN4O. The first-order valence-corrected chi connectivity index (χ1v) is 7.15. The second kappa shape index (κ2) is 7.49. The summed E-state index contributed by atoms with van der Waals surface area (Å²) < 4.78 is 13.5. The average Bonchev–Trinajstić information content (AvgIpc) is 2.52. The number of hydrogen-bond acceptors (Lipinski definition) is 4. The van der Waals surface area contributed by atoms with Crippen LogP contribution in [0.3, 0.4) is 0 Å². The molecule has 0 radical (unpaired) electrons. The molecule has 0 aliphatic heterocycles. The molecule has 0 fully saturated rings. The Labute approximate surface area is 129 Å². The molecule has 0 aliphatic rings. The lowest BCUT2D eigenvalue weighted by molar-refractivity contribution is 0.0944. The number of rotatable bonds is 6. The fourth-order valence-electron chi connectivity index (χ4n) is 1.77. The first-order chi connectivity index (χ1) is 10.6. The molecule has 1 heterocycles. The fraction of sp³-hybridized carbons (Fsp3) is 0.312. The van der Waals surface area contributed by atoms with Crippen molar-refractivity contribution in [3.05, 3.63) is 53.6 Å². The number of nitrogens with one attached hydrogen (secondary N) is 2. The minimum Gasteiger partial charge on any atom is -0.350 e. The highest BCUT2D eigenvalue weighted by Gasteiger charge is 2.09. The van der Waals surface area contributed by atoms with Gasteiger partial charge in [-0.1, -0.05) is 32.0 Å². The van der Waals surface area contributed by atoms with Gasteiger partial charge in [0.15, 0.2) is 0 Å². The zero-order valence-electron chi connectivity index (χ0n) is 12.6. The highest BCUT2D eigenvalue weighted by Crippen LogP contribution is 2.09.